The Balaban J connectivity index is 1.33. The lowest BCUT2D eigenvalue weighted by Crippen LogP contribution is -2.41. The zero-order valence-electron chi connectivity index (χ0n) is 19.0. The van der Waals surface area contributed by atoms with Gasteiger partial charge in [-0.3, -0.25) is 10.1 Å². The minimum atomic E-state index is -1.14. The van der Waals surface area contributed by atoms with Crippen LogP contribution in [-0.2, 0) is 14.3 Å². The number of nitrogens with one attached hydrogen (secondary N) is 2. The normalized spacial score (nSPS) is 12.9. The summed E-state index contributed by atoms with van der Waals surface area (Å²) in [5, 5.41) is 15.9. The second kappa shape index (κ2) is 11.1. The Kier molecular flexibility index (Phi) is 7.74. The Morgan fingerprint density at radius 1 is 1.09 bits per heavy atom. The number of carbonyl (C=O) groups is 3. The number of aromatic nitrogens is 1. The molecule has 0 bridgehead atoms. The maximum absolute atomic E-state index is 12.4. The van der Waals surface area contributed by atoms with E-state index in [1.807, 2.05) is 36.4 Å². The Labute approximate surface area is 206 Å². The molecule has 1 unspecified atom stereocenters. The number of thiazole rings is 1. The van der Waals surface area contributed by atoms with Crippen molar-refractivity contribution < 1.29 is 29.0 Å². The Hall–Kier alpha value is -3.76. The van der Waals surface area contributed by atoms with Crippen molar-refractivity contribution in [2.75, 3.05) is 25.6 Å². The molecule has 10 heteroatoms. The molecule has 0 fully saturated rings. The minimum Gasteiger partial charge on any atom is -0.480 e. The number of nitrogens with zero attached hydrogens (tertiary/aromatic N) is 1. The van der Waals surface area contributed by atoms with Crippen LogP contribution in [0.4, 0.5) is 9.93 Å². The Morgan fingerprint density at radius 3 is 2.37 bits per heavy atom. The van der Waals surface area contributed by atoms with Crippen molar-refractivity contribution in [3.8, 4) is 11.1 Å². The smallest absolute Gasteiger partial charge is 0.413 e. The lowest BCUT2D eigenvalue weighted by molar-refractivity contribution is -0.139. The molecule has 35 heavy (non-hydrogen) atoms. The number of methoxy groups -OCH3 is 1. The lowest BCUT2D eigenvalue weighted by atomic mass is 9.98. The largest absolute Gasteiger partial charge is 0.480 e. The number of aliphatic carboxylic acids is 1. The quantitative estimate of drug-likeness (QED) is 0.361. The summed E-state index contributed by atoms with van der Waals surface area (Å²) in [6.45, 7) is 0.547. The van der Waals surface area contributed by atoms with E-state index in [-0.39, 0.29) is 29.8 Å². The number of benzene rings is 2. The van der Waals surface area contributed by atoms with Gasteiger partial charge in [-0.15, -0.1) is 11.3 Å². The van der Waals surface area contributed by atoms with Gasteiger partial charge < -0.3 is 19.9 Å². The topological polar surface area (TPSA) is 127 Å². The third-order valence-corrected chi connectivity index (χ3v) is 6.49. The van der Waals surface area contributed by atoms with Crippen molar-refractivity contribution in [3.05, 3.63) is 70.7 Å². The maximum Gasteiger partial charge on any atom is 0.413 e. The summed E-state index contributed by atoms with van der Waals surface area (Å²) in [7, 11) is 1.52. The molecule has 3 N–H and O–H groups in total. The first-order chi connectivity index (χ1) is 17.0. The number of anilines is 1. The highest BCUT2D eigenvalue weighted by Gasteiger charge is 2.29. The monoisotopic (exact) mass is 495 g/mol. The van der Waals surface area contributed by atoms with Crippen LogP contribution < -0.4 is 10.6 Å². The number of amides is 2. The number of carboxylic acids is 1. The third kappa shape index (κ3) is 5.67. The maximum atomic E-state index is 12.4. The molecule has 0 radical (unpaired) electrons. The van der Waals surface area contributed by atoms with E-state index in [4.69, 9.17) is 9.47 Å². The van der Waals surface area contributed by atoms with Gasteiger partial charge in [0.15, 0.2) is 5.13 Å². The fourth-order valence-electron chi connectivity index (χ4n) is 4.08. The molecule has 1 aromatic heterocycles. The predicted octanol–water partition coefficient (Wildman–Crippen LogP) is 4.11. The summed E-state index contributed by atoms with van der Waals surface area (Å²) in [6.07, 6.45) is 0.0275. The average Bonchev–Trinajstić information content (AvgIpc) is 3.45. The molecule has 1 atom stereocenters. The first-order valence-electron chi connectivity index (χ1n) is 11.1. The zero-order chi connectivity index (χ0) is 24.8. The van der Waals surface area contributed by atoms with E-state index in [1.54, 1.807) is 0 Å². The van der Waals surface area contributed by atoms with Gasteiger partial charge in [-0.25, -0.2) is 14.6 Å². The van der Waals surface area contributed by atoms with Crippen molar-refractivity contribution in [2.24, 2.45) is 0 Å². The van der Waals surface area contributed by atoms with Crippen LogP contribution in [0.15, 0.2) is 53.9 Å². The highest BCUT2D eigenvalue weighted by Crippen LogP contribution is 2.44. The number of hydrogen-bond acceptors (Lipinski definition) is 7. The summed E-state index contributed by atoms with van der Waals surface area (Å²) < 4.78 is 10.4. The molecule has 4 rings (SSSR count). The molecule has 2 amide bonds. The number of hydrogen-bond donors (Lipinski definition) is 3. The molecular formula is C25H25N3O6S. The van der Waals surface area contributed by atoms with Crippen LogP contribution in [0.3, 0.4) is 0 Å². The molecule has 0 saturated carbocycles. The van der Waals surface area contributed by atoms with E-state index in [0.717, 1.165) is 33.6 Å². The van der Waals surface area contributed by atoms with Gasteiger partial charge in [-0.2, -0.15) is 0 Å². The third-order valence-electron chi connectivity index (χ3n) is 5.73. The van der Waals surface area contributed by atoms with Crippen LogP contribution >= 0.6 is 11.3 Å². The Morgan fingerprint density at radius 2 is 1.74 bits per heavy atom. The highest BCUT2D eigenvalue weighted by atomic mass is 32.1. The van der Waals surface area contributed by atoms with Gasteiger partial charge >= 0.3 is 12.1 Å². The summed E-state index contributed by atoms with van der Waals surface area (Å²) in [4.78, 5) is 40.3. The SMILES string of the molecule is COCCCC(NC(=O)c1csc(NC(=O)OCC2c3ccccc3-c3ccccc32)n1)C(=O)O. The van der Waals surface area contributed by atoms with Gasteiger partial charge in [-0.1, -0.05) is 48.5 Å². The summed E-state index contributed by atoms with van der Waals surface area (Å²) in [5.41, 5.74) is 4.49. The van der Waals surface area contributed by atoms with Crippen molar-refractivity contribution in [3.63, 3.8) is 0 Å². The summed E-state index contributed by atoms with van der Waals surface area (Å²) in [5.74, 6) is -1.84. The van der Waals surface area contributed by atoms with Gasteiger partial charge in [-0.05, 0) is 35.1 Å². The van der Waals surface area contributed by atoms with E-state index in [0.29, 0.717) is 13.0 Å². The van der Waals surface area contributed by atoms with E-state index in [1.165, 1.54) is 12.5 Å². The van der Waals surface area contributed by atoms with Crippen LogP contribution in [0.2, 0.25) is 0 Å². The highest BCUT2D eigenvalue weighted by molar-refractivity contribution is 7.14. The molecule has 1 heterocycles. The van der Waals surface area contributed by atoms with Gasteiger partial charge in [0.05, 0.1) is 0 Å². The second-order valence-electron chi connectivity index (χ2n) is 7.99. The molecule has 182 valence electrons. The van der Waals surface area contributed by atoms with Gasteiger partial charge in [0.1, 0.15) is 18.3 Å². The van der Waals surface area contributed by atoms with E-state index >= 15 is 0 Å². The van der Waals surface area contributed by atoms with Gasteiger partial charge in [0.25, 0.3) is 5.91 Å². The van der Waals surface area contributed by atoms with Crippen LogP contribution in [-0.4, -0.2) is 54.4 Å². The van der Waals surface area contributed by atoms with Crippen molar-refractivity contribution >= 4 is 34.4 Å². The Bertz CT molecular complexity index is 1180. The molecule has 3 aromatic rings. The van der Waals surface area contributed by atoms with Gasteiger partial charge in [0, 0.05) is 25.0 Å². The molecule has 1 aliphatic carbocycles. The standard InChI is InChI=1S/C25H25N3O6S/c1-33-12-6-11-20(23(30)31)26-22(29)21-14-35-24(27-21)28-25(32)34-13-19-17-9-4-2-7-15(17)16-8-3-5-10-18(16)19/h2-5,7-10,14,19-20H,6,11-13H2,1H3,(H,26,29)(H,30,31)(H,27,28,32). The first-order valence-corrected chi connectivity index (χ1v) is 12.0. The van der Waals surface area contributed by atoms with E-state index < -0.39 is 24.0 Å². The fraction of sp³-hybridized carbons (Fsp3) is 0.280. The average molecular weight is 496 g/mol. The number of carboxylic acid groups (broad SMARTS) is 1. The molecule has 9 nitrogen and oxygen atoms in total. The fourth-order valence-corrected chi connectivity index (χ4v) is 4.75. The van der Waals surface area contributed by atoms with Crippen LogP contribution in [0, 0.1) is 0 Å². The molecular weight excluding hydrogens is 470 g/mol. The van der Waals surface area contributed by atoms with E-state index in [9.17, 15) is 19.5 Å². The number of carbonyl (C=O) groups excluding carboxylic acids is 2. The van der Waals surface area contributed by atoms with Crippen molar-refractivity contribution in [1.82, 2.24) is 10.3 Å². The molecule has 0 saturated heterocycles. The number of ether oxygens (including phenoxy) is 2. The molecule has 2 aromatic carbocycles. The lowest BCUT2D eigenvalue weighted by Gasteiger charge is -2.14. The summed E-state index contributed by atoms with van der Waals surface area (Å²) in [6, 6.07) is 15.0. The zero-order valence-corrected chi connectivity index (χ0v) is 19.8. The van der Waals surface area contributed by atoms with Crippen LogP contribution in [0.5, 0.6) is 0 Å². The van der Waals surface area contributed by atoms with E-state index in [2.05, 4.69) is 27.8 Å². The van der Waals surface area contributed by atoms with Crippen molar-refractivity contribution in [1.29, 1.82) is 0 Å². The molecule has 0 aliphatic heterocycles. The van der Waals surface area contributed by atoms with Crippen LogP contribution in [0.1, 0.15) is 40.4 Å². The summed E-state index contributed by atoms with van der Waals surface area (Å²) >= 11 is 1.05. The van der Waals surface area contributed by atoms with Crippen LogP contribution in [0.25, 0.3) is 11.1 Å². The van der Waals surface area contributed by atoms with Gasteiger partial charge in [0.2, 0.25) is 0 Å². The molecule has 0 spiro atoms. The number of fused-ring (bicyclic) bond motifs is 3. The minimum absolute atomic E-state index is 0.0157. The first kappa shape index (κ1) is 24.4. The van der Waals surface area contributed by atoms with Crippen molar-refractivity contribution in [2.45, 2.75) is 24.8 Å². The predicted molar refractivity (Wildman–Crippen MR) is 131 cm³/mol. The number of rotatable bonds is 10. The second-order valence-corrected chi connectivity index (χ2v) is 8.85. The molecule has 1 aliphatic rings.